The Bertz CT molecular complexity index is 945. The van der Waals surface area contributed by atoms with Crippen LogP contribution in [0.4, 0.5) is 5.69 Å². The van der Waals surface area contributed by atoms with E-state index in [1.54, 1.807) is 31.4 Å². The fourth-order valence-electron chi connectivity index (χ4n) is 2.58. The molecule has 0 saturated heterocycles. The lowest BCUT2D eigenvalue weighted by atomic mass is 10.1. The highest BCUT2D eigenvalue weighted by atomic mass is 32.2. The summed E-state index contributed by atoms with van der Waals surface area (Å²) in [6.45, 7) is 0.481. The Balaban J connectivity index is 1.52. The molecule has 0 saturated carbocycles. The molecule has 3 rings (SSSR count). The van der Waals surface area contributed by atoms with Gasteiger partial charge < -0.3 is 15.4 Å². The quantitative estimate of drug-likeness (QED) is 0.467. The molecule has 0 unspecified atom stereocenters. The summed E-state index contributed by atoms with van der Waals surface area (Å²) >= 11 is 1.23. The van der Waals surface area contributed by atoms with Gasteiger partial charge in [0, 0.05) is 6.54 Å². The molecule has 2 amide bonds. The monoisotopic (exact) mass is 411 g/mol. The number of carbonyl (C=O) groups is 2. The van der Waals surface area contributed by atoms with Crippen molar-refractivity contribution in [2.24, 2.45) is 0 Å². The molecule has 3 N–H and O–H groups in total. The number of benzene rings is 2. The van der Waals surface area contributed by atoms with Crippen LogP contribution in [0, 0.1) is 0 Å². The lowest BCUT2D eigenvalue weighted by molar-refractivity contribution is -0.113. The van der Waals surface area contributed by atoms with Gasteiger partial charge in [-0.2, -0.15) is 5.10 Å². The van der Waals surface area contributed by atoms with Crippen LogP contribution in [0.15, 0.2) is 60.0 Å². The fourth-order valence-corrected chi connectivity index (χ4v) is 3.16. The van der Waals surface area contributed by atoms with Crippen molar-refractivity contribution in [3.8, 4) is 5.75 Å². The summed E-state index contributed by atoms with van der Waals surface area (Å²) in [5.41, 5.74) is 1.98. The molecule has 0 aliphatic rings. The normalized spacial score (nSPS) is 10.4. The molecule has 0 spiro atoms. The molecule has 8 nitrogen and oxygen atoms in total. The van der Waals surface area contributed by atoms with E-state index in [1.807, 2.05) is 24.3 Å². The van der Waals surface area contributed by atoms with Crippen LogP contribution in [0.5, 0.6) is 5.75 Å². The molecular weight excluding hydrogens is 390 g/mol. The molecule has 1 aromatic heterocycles. The van der Waals surface area contributed by atoms with Crippen molar-refractivity contribution in [2.75, 3.05) is 24.7 Å². The van der Waals surface area contributed by atoms with Crippen LogP contribution in [-0.4, -0.2) is 46.4 Å². The molecule has 0 radical (unpaired) electrons. The van der Waals surface area contributed by atoms with Gasteiger partial charge in [0.15, 0.2) is 5.16 Å². The maximum absolute atomic E-state index is 12.6. The number of amides is 2. The Kier molecular flexibility index (Phi) is 7.23. The van der Waals surface area contributed by atoms with Gasteiger partial charge in [-0.15, -0.1) is 0 Å². The number of para-hydroxylation sites is 1. The molecule has 0 aliphatic carbocycles. The van der Waals surface area contributed by atoms with Crippen molar-refractivity contribution in [2.45, 2.75) is 11.6 Å². The van der Waals surface area contributed by atoms with Crippen LogP contribution in [0.1, 0.15) is 15.9 Å². The van der Waals surface area contributed by atoms with Crippen LogP contribution >= 0.6 is 11.8 Å². The van der Waals surface area contributed by atoms with Crippen molar-refractivity contribution >= 4 is 29.3 Å². The van der Waals surface area contributed by atoms with Gasteiger partial charge in [-0.05, 0) is 36.2 Å². The molecule has 0 bridgehead atoms. The molecule has 0 atom stereocenters. The zero-order valence-electron chi connectivity index (χ0n) is 15.8. The van der Waals surface area contributed by atoms with Gasteiger partial charge in [0.25, 0.3) is 5.91 Å². The first kappa shape index (κ1) is 20.4. The average molecular weight is 411 g/mol. The smallest absolute Gasteiger partial charge is 0.253 e. The number of aromatic amines is 1. The van der Waals surface area contributed by atoms with Gasteiger partial charge in [-0.3, -0.25) is 14.7 Å². The summed E-state index contributed by atoms with van der Waals surface area (Å²) in [5.74, 6) is 0.480. The molecule has 1 heterocycles. The first-order chi connectivity index (χ1) is 14.2. The zero-order chi connectivity index (χ0) is 20.5. The Morgan fingerprint density at radius 3 is 2.66 bits per heavy atom. The number of rotatable bonds is 9. The van der Waals surface area contributed by atoms with Gasteiger partial charge in [-0.25, -0.2) is 4.98 Å². The average Bonchev–Trinajstić information content (AvgIpc) is 3.27. The molecule has 0 aliphatic heterocycles. The predicted molar refractivity (Wildman–Crippen MR) is 111 cm³/mol. The first-order valence-electron chi connectivity index (χ1n) is 8.94. The SMILES string of the molecule is COc1ccc(CCNC(=O)c2ccccc2NC(=O)CSc2ncn[nH]2)cc1. The van der Waals surface area contributed by atoms with Gasteiger partial charge >= 0.3 is 0 Å². The van der Waals surface area contributed by atoms with E-state index in [0.717, 1.165) is 11.3 Å². The minimum atomic E-state index is -0.239. The summed E-state index contributed by atoms with van der Waals surface area (Å²) in [6, 6.07) is 14.6. The molecular formula is C20H21N5O3S. The third-order valence-corrected chi connectivity index (χ3v) is 4.91. The number of methoxy groups -OCH3 is 1. The molecule has 2 aromatic carbocycles. The van der Waals surface area contributed by atoms with Gasteiger partial charge in [0.1, 0.15) is 12.1 Å². The van der Waals surface area contributed by atoms with Crippen LogP contribution in [0.3, 0.4) is 0 Å². The third-order valence-electron chi connectivity index (χ3n) is 4.04. The van der Waals surface area contributed by atoms with E-state index in [1.165, 1.54) is 18.1 Å². The summed E-state index contributed by atoms with van der Waals surface area (Å²) in [5, 5.41) is 12.6. The van der Waals surface area contributed by atoms with E-state index < -0.39 is 0 Å². The van der Waals surface area contributed by atoms with Crippen molar-refractivity contribution in [3.63, 3.8) is 0 Å². The highest BCUT2D eigenvalue weighted by Crippen LogP contribution is 2.17. The number of nitrogens with zero attached hydrogens (tertiary/aromatic N) is 2. The number of hydrogen-bond donors (Lipinski definition) is 3. The Morgan fingerprint density at radius 2 is 1.93 bits per heavy atom. The Labute approximate surface area is 172 Å². The lowest BCUT2D eigenvalue weighted by Gasteiger charge is -2.11. The zero-order valence-corrected chi connectivity index (χ0v) is 16.7. The van der Waals surface area contributed by atoms with Gasteiger partial charge in [-0.1, -0.05) is 36.0 Å². The molecule has 3 aromatic rings. The summed E-state index contributed by atoms with van der Waals surface area (Å²) in [6.07, 6.45) is 2.07. The summed E-state index contributed by atoms with van der Waals surface area (Å²) in [4.78, 5) is 28.7. The van der Waals surface area contributed by atoms with Crippen LogP contribution in [0.2, 0.25) is 0 Å². The van der Waals surface area contributed by atoms with Gasteiger partial charge in [0.05, 0.1) is 24.1 Å². The van der Waals surface area contributed by atoms with Crippen molar-refractivity contribution in [1.82, 2.24) is 20.5 Å². The van der Waals surface area contributed by atoms with E-state index >= 15 is 0 Å². The largest absolute Gasteiger partial charge is 0.497 e. The number of H-pyrrole nitrogens is 1. The molecule has 9 heteroatoms. The minimum absolute atomic E-state index is 0.155. The standard InChI is InChI=1S/C20H21N5O3S/c1-28-15-8-6-14(7-9-15)10-11-21-19(27)16-4-2-3-5-17(16)24-18(26)12-29-20-22-13-23-25-20/h2-9,13H,10-12H2,1H3,(H,21,27)(H,24,26)(H,22,23,25). The van der Waals surface area contributed by atoms with Crippen molar-refractivity contribution in [3.05, 3.63) is 66.0 Å². The number of carbonyl (C=O) groups excluding carboxylic acids is 2. The summed E-state index contributed by atoms with van der Waals surface area (Å²) in [7, 11) is 1.62. The molecule has 29 heavy (non-hydrogen) atoms. The van der Waals surface area contributed by atoms with Gasteiger partial charge in [0.2, 0.25) is 5.91 Å². The number of nitrogens with one attached hydrogen (secondary N) is 3. The predicted octanol–water partition coefficient (Wildman–Crippen LogP) is 2.52. The fraction of sp³-hybridized carbons (Fsp3) is 0.200. The maximum atomic E-state index is 12.6. The van der Waals surface area contributed by atoms with Crippen LogP contribution in [-0.2, 0) is 11.2 Å². The van der Waals surface area contributed by atoms with Crippen molar-refractivity contribution in [1.29, 1.82) is 0 Å². The second-order valence-electron chi connectivity index (χ2n) is 6.03. The lowest BCUT2D eigenvalue weighted by Crippen LogP contribution is -2.27. The number of thioether (sulfide) groups is 1. The molecule has 0 fully saturated rings. The topological polar surface area (TPSA) is 109 Å². The van der Waals surface area contributed by atoms with E-state index in [9.17, 15) is 9.59 Å². The maximum Gasteiger partial charge on any atom is 0.253 e. The first-order valence-corrected chi connectivity index (χ1v) is 9.92. The summed E-state index contributed by atoms with van der Waals surface area (Å²) < 4.78 is 5.14. The molecule has 150 valence electrons. The van der Waals surface area contributed by atoms with E-state index in [-0.39, 0.29) is 17.6 Å². The third kappa shape index (κ3) is 6.08. The highest BCUT2D eigenvalue weighted by Gasteiger charge is 2.13. The van der Waals surface area contributed by atoms with Crippen molar-refractivity contribution < 1.29 is 14.3 Å². The van der Waals surface area contributed by atoms with Crippen LogP contribution in [0.25, 0.3) is 0 Å². The minimum Gasteiger partial charge on any atom is -0.497 e. The number of anilines is 1. The van der Waals surface area contributed by atoms with E-state index in [2.05, 4.69) is 25.8 Å². The number of aromatic nitrogens is 3. The Morgan fingerprint density at radius 1 is 1.14 bits per heavy atom. The Hall–Kier alpha value is -3.33. The second kappa shape index (κ2) is 10.3. The number of hydrogen-bond acceptors (Lipinski definition) is 6. The second-order valence-corrected chi connectivity index (χ2v) is 6.99. The highest BCUT2D eigenvalue weighted by molar-refractivity contribution is 7.99. The van der Waals surface area contributed by atoms with E-state index in [4.69, 9.17) is 4.74 Å². The number of ether oxygens (including phenoxy) is 1. The van der Waals surface area contributed by atoms with Crippen LogP contribution < -0.4 is 15.4 Å². The van der Waals surface area contributed by atoms with E-state index in [0.29, 0.717) is 29.4 Å².